The van der Waals surface area contributed by atoms with Gasteiger partial charge in [0.05, 0.1) is 64.2 Å². The minimum absolute atomic E-state index is 0.580. The Balaban J connectivity index is 1.30. The molecule has 4 aromatic rings. The van der Waals surface area contributed by atoms with Gasteiger partial charge in [0.25, 0.3) is 0 Å². The van der Waals surface area contributed by atoms with Gasteiger partial charge in [-0.25, -0.2) is 4.98 Å². The normalized spacial score (nSPS) is 16.2. The Hall–Kier alpha value is -3.81. The summed E-state index contributed by atoms with van der Waals surface area (Å²) < 4.78 is 22.6. The van der Waals surface area contributed by atoms with Crippen LogP contribution in [0.15, 0.2) is 97.1 Å². The third-order valence-electron chi connectivity index (χ3n) is 6.85. The highest BCUT2D eigenvalue weighted by molar-refractivity contribution is 5.76. The van der Waals surface area contributed by atoms with Crippen molar-refractivity contribution in [2.45, 2.75) is 0 Å². The number of aromatic nitrogens is 1. The summed E-state index contributed by atoms with van der Waals surface area (Å²) in [4.78, 5) is 7.26. The van der Waals surface area contributed by atoms with Crippen LogP contribution < -0.4 is 4.90 Å². The lowest BCUT2D eigenvalue weighted by molar-refractivity contribution is 0.00206. The lowest BCUT2D eigenvalue weighted by Crippen LogP contribution is -2.31. The van der Waals surface area contributed by atoms with Gasteiger partial charge in [0.1, 0.15) is 0 Å². The maximum Gasteiger partial charge on any atom is 0.0715 e. The summed E-state index contributed by atoms with van der Waals surface area (Å²) in [5.74, 6) is 0. The van der Waals surface area contributed by atoms with Gasteiger partial charge in [0.2, 0.25) is 0 Å². The van der Waals surface area contributed by atoms with Gasteiger partial charge < -0.3 is 23.8 Å². The van der Waals surface area contributed by atoms with Crippen LogP contribution in [0.4, 0.5) is 5.69 Å². The van der Waals surface area contributed by atoms with Crippen molar-refractivity contribution in [3.05, 3.63) is 108 Å². The van der Waals surface area contributed by atoms with E-state index in [1.807, 2.05) is 24.3 Å². The summed E-state index contributed by atoms with van der Waals surface area (Å²) in [7, 11) is 0. The fourth-order valence-electron chi connectivity index (χ4n) is 4.65. The van der Waals surface area contributed by atoms with Gasteiger partial charge in [-0.2, -0.15) is 0 Å². The standard InChI is InChI=1S/C35H38N2O4/c1-3-7-30(8-4-1)32-27-33(36-35(28-32)31-9-5-2-6-10-31)14-11-29-12-15-34(16-13-29)37-17-19-38-21-23-40-25-26-41-24-22-39-20-18-37/h1-16,27-28H,17-26H2/b14-11+. The fourth-order valence-corrected chi connectivity index (χ4v) is 4.65. The molecule has 3 aromatic carbocycles. The van der Waals surface area contributed by atoms with Crippen molar-refractivity contribution in [2.75, 3.05) is 70.8 Å². The van der Waals surface area contributed by atoms with Crippen molar-refractivity contribution in [1.82, 2.24) is 4.98 Å². The number of nitrogens with zero attached hydrogens (tertiary/aromatic N) is 2. The summed E-state index contributed by atoms with van der Waals surface area (Å²) >= 11 is 0. The molecule has 1 fully saturated rings. The SMILES string of the molecule is C(=C\c1cc(-c2ccccc2)cc(-c2ccccc2)n1)/c1ccc(N2CCOCCOCCOCCOCC2)cc1. The average Bonchev–Trinajstić information content (AvgIpc) is 3.05. The van der Waals surface area contributed by atoms with Crippen molar-refractivity contribution < 1.29 is 18.9 Å². The van der Waals surface area contributed by atoms with E-state index in [-0.39, 0.29) is 0 Å². The van der Waals surface area contributed by atoms with Gasteiger partial charge in [-0.15, -0.1) is 0 Å². The minimum Gasteiger partial charge on any atom is -0.377 e. The van der Waals surface area contributed by atoms with Gasteiger partial charge in [-0.05, 0) is 47.0 Å². The molecule has 0 saturated carbocycles. The molecule has 6 nitrogen and oxygen atoms in total. The molecule has 0 amide bonds. The molecule has 41 heavy (non-hydrogen) atoms. The fraction of sp³-hybridized carbons (Fsp3) is 0.286. The number of ether oxygens (including phenoxy) is 4. The second-order valence-electron chi connectivity index (χ2n) is 9.76. The van der Waals surface area contributed by atoms with Crippen molar-refractivity contribution >= 4 is 17.8 Å². The highest BCUT2D eigenvalue weighted by atomic mass is 16.6. The van der Waals surface area contributed by atoms with E-state index < -0.39 is 0 Å². The molecular formula is C35H38N2O4. The number of rotatable bonds is 5. The zero-order valence-electron chi connectivity index (χ0n) is 23.5. The van der Waals surface area contributed by atoms with Crippen LogP contribution in [-0.2, 0) is 18.9 Å². The van der Waals surface area contributed by atoms with Crippen LogP contribution in [0.25, 0.3) is 34.5 Å². The van der Waals surface area contributed by atoms with Gasteiger partial charge >= 0.3 is 0 Å². The molecular weight excluding hydrogens is 512 g/mol. The molecule has 0 bridgehead atoms. The molecule has 0 spiro atoms. The van der Waals surface area contributed by atoms with Crippen molar-refractivity contribution in [3.8, 4) is 22.4 Å². The Morgan fingerprint density at radius 2 is 1.05 bits per heavy atom. The third kappa shape index (κ3) is 9.10. The largest absolute Gasteiger partial charge is 0.377 e. The monoisotopic (exact) mass is 550 g/mol. The predicted octanol–water partition coefficient (Wildman–Crippen LogP) is 6.47. The van der Waals surface area contributed by atoms with E-state index in [9.17, 15) is 0 Å². The van der Waals surface area contributed by atoms with Crippen molar-refractivity contribution in [2.24, 2.45) is 0 Å². The topological polar surface area (TPSA) is 53.1 Å². The van der Waals surface area contributed by atoms with E-state index in [0.717, 1.165) is 46.9 Å². The van der Waals surface area contributed by atoms with Gasteiger partial charge in [0, 0.05) is 24.3 Å². The van der Waals surface area contributed by atoms with E-state index in [2.05, 4.69) is 89.8 Å². The van der Waals surface area contributed by atoms with Crippen molar-refractivity contribution in [3.63, 3.8) is 0 Å². The maximum absolute atomic E-state index is 5.79. The minimum atomic E-state index is 0.580. The predicted molar refractivity (Wildman–Crippen MR) is 166 cm³/mol. The van der Waals surface area contributed by atoms with Crippen LogP contribution in [0.5, 0.6) is 0 Å². The molecule has 0 unspecified atom stereocenters. The number of hydrogen-bond acceptors (Lipinski definition) is 6. The Morgan fingerprint density at radius 3 is 1.63 bits per heavy atom. The summed E-state index contributed by atoms with van der Waals surface area (Å²) in [6, 6.07) is 33.7. The van der Waals surface area contributed by atoms with E-state index in [4.69, 9.17) is 23.9 Å². The highest BCUT2D eigenvalue weighted by Gasteiger charge is 2.09. The molecule has 1 aromatic heterocycles. The van der Waals surface area contributed by atoms with E-state index in [0.29, 0.717) is 52.9 Å². The second-order valence-corrected chi connectivity index (χ2v) is 9.76. The zero-order valence-corrected chi connectivity index (χ0v) is 23.5. The Labute approximate surface area is 243 Å². The summed E-state index contributed by atoms with van der Waals surface area (Å²) in [5.41, 5.74) is 7.55. The van der Waals surface area contributed by atoms with Crippen LogP contribution in [-0.4, -0.2) is 70.9 Å². The molecule has 1 aliphatic heterocycles. The highest BCUT2D eigenvalue weighted by Crippen LogP contribution is 2.27. The maximum atomic E-state index is 5.79. The molecule has 0 N–H and O–H groups in total. The summed E-state index contributed by atoms with van der Waals surface area (Å²) in [5, 5.41) is 0. The first-order chi connectivity index (χ1) is 20.3. The number of benzene rings is 3. The zero-order chi connectivity index (χ0) is 28.0. The van der Waals surface area contributed by atoms with Crippen LogP contribution in [0, 0.1) is 0 Å². The van der Waals surface area contributed by atoms with Crippen molar-refractivity contribution in [1.29, 1.82) is 0 Å². The number of anilines is 1. The smallest absolute Gasteiger partial charge is 0.0715 e. The van der Waals surface area contributed by atoms with Gasteiger partial charge in [-0.1, -0.05) is 78.9 Å². The molecule has 2 heterocycles. The van der Waals surface area contributed by atoms with E-state index in [1.54, 1.807) is 0 Å². The average molecular weight is 551 g/mol. The molecule has 212 valence electrons. The molecule has 0 radical (unpaired) electrons. The molecule has 1 saturated heterocycles. The first-order valence-electron chi connectivity index (χ1n) is 14.3. The third-order valence-corrected chi connectivity index (χ3v) is 6.85. The molecule has 0 aliphatic carbocycles. The lowest BCUT2D eigenvalue weighted by Gasteiger charge is -2.25. The van der Waals surface area contributed by atoms with Crippen LogP contribution in [0.1, 0.15) is 11.3 Å². The van der Waals surface area contributed by atoms with Gasteiger partial charge in [-0.3, -0.25) is 0 Å². The molecule has 0 atom stereocenters. The summed E-state index contributed by atoms with van der Waals surface area (Å²) in [6.07, 6.45) is 4.21. The first kappa shape index (κ1) is 28.7. The van der Waals surface area contributed by atoms with Crippen LogP contribution >= 0.6 is 0 Å². The Morgan fingerprint density at radius 1 is 0.512 bits per heavy atom. The lowest BCUT2D eigenvalue weighted by atomic mass is 10.0. The Kier molecular flexibility index (Phi) is 11.1. The first-order valence-corrected chi connectivity index (χ1v) is 14.3. The second kappa shape index (κ2) is 15.8. The Bertz CT molecular complexity index is 1270. The molecule has 6 heteroatoms. The quantitative estimate of drug-likeness (QED) is 0.284. The summed E-state index contributed by atoms with van der Waals surface area (Å²) in [6.45, 7) is 6.33. The van der Waals surface area contributed by atoms with E-state index in [1.165, 1.54) is 5.56 Å². The van der Waals surface area contributed by atoms with Crippen LogP contribution in [0.3, 0.4) is 0 Å². The number of hydrogen-bond donors (Lipinski definition) is 0. The molecule has 5 rings (SSSR count). The van der Waals surface area contributed by atoms with Crippen LogP contribution in [0.2, 0.25) is 0 Å². The van der Waals surface area contributed by atoms with E-state index >= 15 is 0 Å². The number of pyridine rings is 1. The molecule has 1 aliphatic rings. The van der Waals surface area contributed by atoms with Gasteiger partial charge in [0.15, 0.2) is 0 Å².